The lowest BCUT2D eigenvalue weighted by atomic mass is 10.1. The molecule has 1 fully saturated rings. The van der Waals surface area contributed by atoms with Gasteiger partial charge in [-0.15, -0.1) is 0 Å². The van der Waals surface area contributed by atoms with Crippen LogP contribution in [0.25, 0.3) is 10.2 Å². The third kappa shape index (κ3) is 2.92. The quantitative estimate of drug-likeness (QED) is 0.662. The second-order valence-corrected chi connectivity index (χ2v) is 7.67. The molecule has 122 valence electrons. The summed E-state index contributed by atoms with van der Waals surface area (Å²) in [4.78, 5) is 17.8. The number of hydrogen-bond donors (Lipinski definition) is 0. The molecule has 24 heavy (non-hydrogen) atoms. The van der Waals surface area contributed by atoms with Crippen LogP contribution in [0.2, 0.25) is 5.02 Å². The number of aromatic nitrogens is 1. The normalized spacial score (nSPS) is 15.2. The number of halogens is 1. The van der Waals surface area contributed by atoms with Gasteiger partial charge >= 0.3 is 0 Å². The highest BCUT2D eigenvalue weighted by molar-refractivity contribution is 7.16. The maximum atomic E-state index is 12.6. The minimum Gasteiger partial charge on any atom is -0.315 e. The number of benzene rings is 2. The molecule has 1 amide bonds. The van der Waals surface area contributed by atoms with E-state index in [9.17, 15) is 4.79 Å². The van der Waals surface area contributed by atoms with E-state index in [4.69, 9.17) is 11.6 Å². The Morgan fingerprint density at radius 3 is 2.79 bits per heavy atom. The molecule has 1 aromatic heterocycles. The van der Waals surface area contributed by atoms with Gasteiger partial charge in [-0.05, 0) is 49.4 Å². The van der Waals surface area contributed by atoms with E-state index >= 15 is 0 Å². The maximum Gasteiger partial charge on any atom is 0.279 e. The summed E-state index contributed by atoms with van der Waals surface area (Å²) in [5.41, 5.74) is 2.59. The number of aryl methyl sites for hydroxylation is 1. The summed E-state index contributed by atoms with van der Waals surface area (Å²) in [7, 11) is 0. The predicted molar refractivity (Wildman–Crippen MR) is 98.6 cm³/mol. The van der Waals surface area contributed by atoms with Crippen molar-refractivity contribution in [1.29, 1.82) is 0 Å². The lowest BCUT2D eigenvalue weighted by Gasteiger charge is -2.05. The summed E-state index contributed by atoms with van der Waals surface area (Å²) in [5, 5.41) is 0.717. The molecule has 1 aliphatic rings. The summed E-state index contributed by atoms with van der Waals surface area (Å²) in [6, 6.07) is 13.4. The van der Waals surface area contributed by atoms with Crippen molar-refractivity contribution in [3.05, 3.63) is 63.4 Å². The number of amides is 1. The smallest absolute Gasteiger partial charge is 0.279 e. The number of rotatable bonds is 3. The van der Waals surface area contributed by atoms with E-state index in [-0.39, 0.29) is 5.91 Å². The van der Waals surface area contributed by atoms with Crippen LogP contribution in [-0.4, -0.2) is 10.5 Å². The van der Waals surface area contributed by atoms with E-state index in [0.29, 0.717) is 16.5 Å². The van der Waals surface area contributed by atoms with Crippen LogP contribution in [0.4, 0.5) is 0 Å². The number of thiazole rings is 1. The average molecular weight is 357 g/mol. The van der Waals surface area contributed by atoms with Crippen LogP contribution < -0.4 is 4.80 Å². The maximum absolute atomic E-state index is 12.6. The molecule has 0 unspecified atom stereocenters. The molecular weight excluding hydrogens is 340 g/mol. The fraction of sp³-hybridized carbons (Fsp3) is 0.263. The molecule has 1 aliphatic carbocycles. The van der Waals surface area contributed by atoms with Gasteiger partial charge in [-0.25, -0.2) is 0 Å². The topological polar surface area (TPSA) is 34.4 Å². The molecule has 0 bridgehead atoms. The number of carbonyl (C=O) groups excluding carboxylic acids is 1. The number of hydrogen-bond acceptors (Lipinski definition) is 2. The van der Waals surface area contributed by atoms with Gasteiger partial charge in [-0.2, -0.15) is 4.99 Å². The van der Waals surface area contributed by atoms with E-state index in [2.05, 4.69) is 9.56 Å². The number of nitrogens with zero attached hydrogens (tertiary/aromatic N) is 2. The molecule has 3 nitrogen and oxygen atoms in total. The van der Waals surface area contributed by atoms with Gasteiger partial charge in [0.2, 0.25) is 0 Å². The van der Waals surface area contributed by atoms with E-state index < -0.39 is 0 Å². The van der Waals surface area contributed by atoms with E-state index in [1.807, 2.05) is 49.4 Å². The van der Waals surface area contributed by atoms with Crippen molar-refractivity contribution in [3.63, 3.8) is 0 Å². The minimum absolute atomic E-state index is 0.194. The first-order valence-electron chi connectivity index (χ1n) is 8.06. The standard InChI is InChI=1S/C19H17ClN2OS/c1-12-5-2-3-6-14(12)18(23)21-19-22(11-13-9-10-13)17-15(20)7-4-8-16(17)24-19/h2-8,13H,9-11H2,1H3/b21-19+. The summed E-state index contributed by atoms with van der Waals surface area (Å²) >= 11 is 7.95. The van der Waals surface area contributed by atoms with Crippen LogP contribution in [0.5, 0.6) is 0 Å². The van der Waals surface area contributed by atoms with Crippen LogP contribution in [0, 0.1) is 12.8 Å². The van der Waals surface area contributed by atoms with Crippen LogP contribution in [0.1, 0.15) is 28.8 Å². The van der Waals surface area contributed by atoms with E-state index in [1.54, 1.807) is 0 Å². The van der Waals surface area contributed by atoms with Gasteiger partial charge in [-0.1, -0.05) is 47.2 Å². The third-order valence-electron chi connectivity index (χ3n) is 4.36. The van der Waals surface area contributed by atoms with Gasteiger partial charge < -0.3 is 4.57 Å². The zero-order chi connectivity index (χ0) is 16.7. The summed E-state index contributed by atoms with van der Waals surface area (Å²) in [5.74, 6) is 0.479. The first-order valence-corrected chi connectivity index (χ1v) is 9.25. The van der Waals surface area contributed by atoms with Crippen molar-refractivity contribution in [2.45, 2.75) is 26.3 Å². The molecule has 0 atom stereocenters. The Labute approximate surface area is 149 Å². The van der Waals surface area contributed by atoms with Gasteiger partial charge in [0, 0.05) is 12.1 Å². The molecule has 4 rings (SSSR count). The Hall–Kier alpha value is -1.91. The van der Waals surface area contributed by atoms with Crippen molar-refractivity contribution in [2.24, 2.45) is 10.9 Å². The number of fused-ring (bicyclic) bond motifs is 1. The SMILES string of the molecule is Cc1ccccc1C(=O)/N=c1/sc2cccc(Cl)c2n1CC1CC1. The highest BCUT2D eigenvalue weighted by atomic mass is 35.5. The van der Waals surface area contributed by atoms with Gasteiger partial charge in [0.1, 0.15) is 0 Å². The molecule has 0 aliphatic heterocycles. The van der Waals surface area contributed by atoms with E-state index in [1.165, 1.54) is 24.2 Å². The lowest BCUT2D eigenvalue weighted by molar-refractivity contribution is 0.0997. The van der Waals surface area contributed by atoms with Crippen molar-refractivity contribution >= 4 is 39.1 Å². The fourth-order valence-electron chi connectivity index (χ4n) is 2.86. The van der Waals surface area contributed by atoms with Crippen molar-refractivity contribution < 1.29 is 4.79 Å². The minimum atomic E-state index is -0.194. The molecule has 0 radical (unpaired) electrons. The third-order valence-corrected chi connectivity index (χ3v) is 5.71. The van der Waals surface area contributed by atoms with Crippen molar-refractivity contribution in [3.8, 4) is 0 Å². The van der Waals surface area contributed by atoms with Crippen molar-refractivity contribution in [2.75, 3.05) is 0 Å². The molecule has 0 N–H and O–H groups in total. The Bertz CT molecular complexity index is 998. The second-order valence-electron chi connectivity index (χ2n) is 6.26. The Morgan fingerprint density at radius 1 is 1.25 bits per heavy atom. The van der Waals surface area contributed by atoms with Crippen LogP contribution in [0.3, 0.4) is 0 Å². The average Bonchev–Trinajstić information content (AvgIpc) is 3.31. The van der Waals surface area contributed by atoms with Crippen LogP contribution >= 0.6 is 22.9 Å². The largest absolute Gasteiger partial charge is 0.315 e. The molecule has 1 heterocycles. The lowest BCUT2D eigenvalue weighted by Crippen LogP contribution is -2.18. The first kappa shape index (κ1) is 15.6. The molecule has 3 aromatic rings. The predicted octanol–water partition coefficient (Wildman–Crippen LogP) is 4.82. The molecular formula is C19H17ClN2OS. The molecule has 5 heteroatoms. The van der Waals surface area contributed by atoms with Gasteiger partial charge in [0.05, 0.1) is 15.2 Å². The highest BCUT2D eigenvalue weighted by Crippen LogP contribution is 2.33. The molecule has 2 aromatic carbocycles. The van der Waals surface area contributed by atoms with Crippen LogP contribution in [0.15, 0.2) is 47.5 Å². The Morgan fingerprint density at radius 2 is 2.04 bits per heavy atom. The van der Waals surface area contributed by atoms with Crippen molar-refractivity contribution in [1.82, 2.24) is 4.57 Å². The Kier molecular flexibility index (Phi) is 4.02. The first-order chi connectivity index (χ1) is 11.6. The molecule has 0 saturated heterocycles. The van der Waals surface area contributed by atoms with E-state index in [0.717, 1.165) is 27.1 Å². The zero-order valence-electron chi connectivity index (χ0n) is 13.3. The van der Waals surface area contributed by atoms with Gasteiger partial charge in [0.25, 0.3) is 5.91 Å². The fourth-order valence-corrected chi connectivity index (χ4v) is 4.26. The number of para-hydroxylation sites is 1. The highest BCUT2D eigenvalue weighted by Gasteiger charge is 2.24. The van der Waals surface area contributed by atoms with Gasteiger partial charge in [0.15, 0.2) is 4.80 Å². The van der Waals surface area contributed by atoms with Gasteiger partial charge in [-0.3, -0.25) is 4.79 Å². The van der Waals surface area contributed by atoms with Crippen LogP contribution in [-0.2, 0) is 6.54 Å². The summed E-state index contributed by atoms with van der Waals surface area (Å²) < 4.78 is 3.19. The summed E-state index contributed by atoms with van der Waals surface area (Å²) in [6.07, 6.45) is 2.47. The number of carbonyl (C=O) groups is 1. The zero-order valence-corrected chi connectivity index (χ0v) is 14.9. The summed E-state index contributed by atoms with van der Waals surface area (Å²) in [6.45, 7) is 2.81. The monoisotopic (exact) mass is 356 g/mol. The molecule has 1 saturated carbocycles. The Balaban J connectivity index is 1.87. The molecule has 0 spiro atoms. The second kappa shape index (κ2) is 6.19.